The van der Waals surface area contributed by atoms with Crippen molar-refractivity contribution in [3.63, 3.8) is 0 Å². The minimum atomic E-state index is -0.613. The molecule has 0 aliphatic carbocycles. The second-order valence-electron chi connectivity index (χ2n) is 5.26. The van der Waals surface area contributed by atoms with Crippen molar-refractivity contribution in [2.45, 2.75) is 58.4 Å². The van der Waals surface area contributed by atoms with E-state index in [1.807, 2.05) is 13.0 Å². The summed E-state index contributed by atoms with van der Waals surface area (Å²) in [6, 6.07) is 1.24. The zero-order valence-corrected chi connectivity index (χ0v) is 13.6. The molecule has 2 heterocycles. The highest BCUT2D eigenvalue weighted by Gasteiger charge is 2.33. The first kappa shape index (κ1) is 19.3. The fourth-order valence-corrected chi connectivity index (χ4v) is 2.09. The van der Waals surface area contributed by atoms with Crippen LogP contribution in [0.1, 0.15) is 52.4 Å². The molecular formula is C15H19N3O6. The molecule has 0 aromatic carbocycles. The Labute approximate surface area is 139 Å². The number of imide groups is 2. The molecule has 9 heteroatoms. The van der Waals surface area contributed by atoms with Gasteiger partial charge in [-0.05, 0) is 13.3 Å². The van der Waals surface area contributed by atoms with Gasteiger partial charge in [0.25, 0.3) is 11.8 Å². The van der Waals surface area contributed by atoms with E-state index in [-0.39, 0.29) is 43.9 Å². The van der Waals surface area contributed by atoms with Crippen molar-refractivity contribution in [2.24, 2.45) is 0 Å². The number of hydrogen-bond donors (Lipinski definition) is 0. The summed E-state index contributed by atoms with van der Waals surface area (Å²) in [5, 5.41) is 9.00. The minimum Gasteiger partial charge on any atom is -0.330 e. The Kier molecular flexibility index (Phi) is 7.04. The first-order valence-corrected chi connectivity index (χ1v) is 7.62. The predicted octanol–water partition coefficient (Wildman–Crippen LogP) is 0.441. The fraction of sp³-hybridized carbons (Fsp3) is 0.600. The van der Waals surface area contributed by atoms with Gasteiger partial charge in [-0.2, -0.15) is 5.26 Å². The summed E-state index contributed by atoms with van der Waals surface area (Å²) in [5.74, 6) is -1.87. The van der Waals surface area contributed by atoms with Crippen LogP contribution in [-0.4, -0.2) is 45.6 Å². The quantitative estimate of drug-likeness (QED) is 0.681. The molecule has 2 fully saturated rings. The van der Waals surface area contributed by atoms with Gasteiger partial charge in [-0.25, -0.2) is 4.79 Å². The van der Waals surface area contributed by atoms with E-state index in [9.17, 15) is 24.0 Å². The lowest BCUT2D eigenvalue weighted by Gasteiger charge is -2.14. The van der Waals surface area contributed by atoms with Crippen LogP contribution < -0.4 is 0 Å². The van der Waals surface area contributed by atoms with Crippen LogP contribution in [-0.2, 0) is 28.8 Å². The standard InChI is InChI=1S/C8H11NO4.C7H8N2O2/c1-2-3-8(12)13-9-6(10)4-5-7(9)11;1-5(4-8)9-6(10)2-3-7(9)11/h2-5H2,1H3;5H,2-3H2,1H3. The van der Waals surface area contributed by atoms with Crippen molar-refractivity contribution < 1.29 is 28.8 Å². The highest BCUT2D eigenvalue weighted by molar-refractivity contribution is 6.02. The van der Waals surface area contributed by atoms with Crippen molar-refractivity contribution in [2.75, 3.05) is 0 Å². The molecule has 2 rings (SSSR count). The van der Waals surface area contributed by atoms with Gasteiger partial charge >= 0.3 is 5.97 Å². The van der Waals surface area contributed by atoms with Crippen LogP contribution in [0.5, 0.6) is 0 Å². The van der Waals surface area contributed by atoms with Crippen molar-refractivity contribution in [3.8, 4) is 6.07 Å². The fourth-order valence-electron chi connectivity index (χ4n) is 2.09. The number of nitriles is 1. The molecule has 130 valence electrons. The van der Waals surface area contributed by atoms with Gasteiger partial charge in [0, 0.05) is 32.1 Å². The number of hydrogen-bond acceptors (Lipinski definition) is 7. The molecule has 1 atom stereocenters. The maximum absolute atomic E-state index is 11.0. The first-order chi connectivity index (χ1) is 11.3. The molecule has 0 aromatic heterocycles. The number of amides is 4. The molecule has 9 nitrogen and oxygen atoms in total. The number of rotatable bonds is 4. The van der Waals surface area contributed by atoms with Gasteiger partial charge in [0.2, 0.25) is 11.8 Å². The SMILES string of the molecule is CC(C#N)N1C(=O)CCC1=O.CCCC(=O)ON1C(=O)CCC1=O. The second kappa shape index (κ2) is 8.76. The number of carbonyl (C=O) groups excluding carboxylic acids is 5. The summed E-state index contributed by atoms with van der Waals surface area (Å²) in [6.45, 7) is 3.36. The third-order valence-corrected chi connectivity index (χ3v) is 3.32. The van der Waals surface area contributed by atoms with Crippen LogP contribution in [0.3, 0.4) is 0 Å². The molecule has 24 heavy (non-hydrogen) atoms. The summed E-state index contributed by atoms with van der Waals surface area (Å²) >= 11 is 0. The highest BCUT2D eigenvalue weighted by Crippen LogP contribution is 2.14. The summed E-state index contributed by atoms with van der Waals surface area (Å²) in [7, 11) is 0. The molecule has 2 aliphatic heterocycles. The van der Waals surface area contributed by atoms with Gasteiger partial charge in [-0.1, -0.05) is 6.92 Å². The predicted molar refractivity (Wildman–Crippen MR) is 78.2 cm³/mol. The third-order valence-electron chi connectivity index (χ3n) is 3.32. The van der Waals surface area contributed by atoms with Crippen molar-refractivity contribution in [3.05, 3.63) is 0 Å². The smallest absolute Gasteiger partial charge is 0.330 e. The third kappa shape index (κ3) is 4.87. The first-order valence-electron chi connectivity index (χ1n) is 7.62. The van der Waals surface area contributed by atoms with E-state index >= 15 is 0 Å². The Morgan fingerprint density at radius 2 is 1.54 bits per heavy atom. The van der Waals surface area contributed by atoms with Crippen molar-refractivity contribution in [1.29, 1.82) is 5.26 Å². The number of hydroxylamine groups is 2. The molecule has 0 spiro atoms. The van der Waals surface area contributed by atoms with E-state index in [0.29, 0.717) is 11.5 Å². The highest BCUT2D eigenvalue weighted by atomic mass is 16.7. The second-order valence-corrected chi connectivity index (χ2v) is 5.26. The summed E-state index contributed by atoms with van der Waals surface area (Å²) in [6.07, 6.45) is 1.64. The minimum absolute atomic E-state index is 0.137. The lowest BCUT2D eigenvalue weighted by Crippen LogP contribution is -2.36. The zero-order valence-electron chi connectivity index (χ0n) is 13.6. The number of nitrogens with zero attached hydrogens (tertiary/aromatic N) is 3. The topological polar surface area (TPSA) is 125 Å². The Hall–Kier alpha value is -2.76. The average Bonchev–Trinajstić information content (AvgIpc) is 3.04. The van der Waals surface area contributed by atoms with Gasteiger partial charge < -0.3 is 4.84 Å². The van der Waals surface area contributed by atoms with Crippen molar-refractivity contribution in [1.82, 2.24) is 9.96 Å². The molecule has 2 aliphatic rings. The molecular weight excluding hydrogens is 318 g/mol. The monoisotopic (exact) mass is 337 g/mol. The normalized spacial score (nSPS) is 18.2. The Morgan fingerprint density at radius 3 is 1.96 bits per heavy atom. The van der Waals surface area contributed by atoms with Gasteiger partial charge in [-0.15, -0.1) is 5.06 Å². The Bertz CT molecular complexity index is 563. The molecule has 1 unspecified atom stereocenters. The summed E-state index contributed by atoms with van der Waals surface area (Å²) in [4.78, 5) is 60.3. The summed E-state index contributed by atoms with van der Waals surface area (Å²) in [5.41, 5.74) is 0. The number of carbonyl (C=O) groups is 5. The van der Waals surface area contributed by atoms with Crippen LogP contribution >= 0.6 is 0 Å². The van der Waals surface area contributed by atoms with E-state index in [0.717, 1.165) is 4.90 Å². The van der Waals surface area contributed by atoms with Crippen LogP contribution in [0.2, 0.25) is 0 Å². The molecule has 0 aromatic rings. The van der Waals surface area contributed by atoms with Crippen LogP contribution in [0.25, 0.3) is 0 Å². The van der Waals surface area contributed by atoms with E-state index < -0.39 is 23.8 Å². The molecule has 0 saturated carbocycles. The van der Waals surface area contributed by atoms with Crippen LogP contribution in [0.4, 0.5) is 0 Å². The van der Waals surface area contributed by atoms with Gasteiger partial charge in [0.05, 0.1) is 6.07 Å². The van der Waals surface area contributed by atoms with Gasteiger partial charge in [0.1, 0.15) is 6.04 Å². The van der Waals surface area contributed by atoms with Crippen molar-refractivity contribution >= 4 is 29.6 Å². The molecule has 0 N–H and O–H groups in total. The van der Waals surface area contributed by atoms with E-state index in [1.165, 1.54) is 0 Å². The largest absolute Gasteiger partial charge is 0.333 e. The van der Waals surface area contributed by atoms with Crippen LogP contribution in [0, 0.1) is 11.3 Å². The maximum Gasteiger partial charge on any atom is 0.333 e. The van der Waals surface area contributed by atoms with Crippen LogP contribution in [0.15, 0.2) is 0 Å². The Balaban J connectivity index is 0.000000243. The molecule has 0 bridgehead atoms. The Morgan fingerprint density at radius 1 is 1.08 bits per heavy atom. The van der Waals surface area contributed by atoms with E-state index in [4.69, 9.17) is 5.26 Å². The maximum atomic E-state index is 11.0. The number of likely N-dealkylation sites (tertiary alicyclic amines) is 1. The lowest BCUT2D eigenvalue weighted by atomic mass is 10.3. The average molecular weight is 337 g/mol. The van der Waals surface area contributed by atoms with Gasteiger partial charge in [-0.3, -0.25) is 24.1 Å². The zero-order chi connectivity index (χ0) is 18.3. The summed E-state index contributed by atoms with van der Waals surface area (Å²) < 4.78 is 0. The van der Waals surface area contributed by atoms with Gasteiger partial charge in [0.15, 0.2) is 0 Å². The lowest BCUT2D eigenvalue weighted by molar-refractivity contribution is -0.197. The van der Waals surface area contributed by atoms with E-state index in [2.05, 4.69) is 4.84 Å². The molecule has 0 radical (unpaired) electrons. The van der Waals surface area contributed by atoms with E-state index in [1.54, 1.807) is 6.92 Å². The molecule has 2 saturated heterocycles. The molecule has 4 amide bonds.